The minimum Gasteiger partial charge on any atom is -0.490 e. The van der Waals surface area contributed by atoms with Crippen LogP contribution in [0.2, 0.25) is 0 Å². The standard InChI is InChI=1S/C21H32N2O3/c1-17-8-5-6-11-20(17)26-16-19(24)21(25)23-13-7-12-22(14-15-23)18-9-3-2-4-10-18/h5-6,8,11,18-19,24H,2-4,7,9-10,12-16H2,1H3. The molecule has 0 bridgehead atoms. The third kappa shape index (κ3) is 4.98. The molecule has 1 aliphatic heterocycles. The van der Waals surface area contributed by atoms with Gasteiger partial charge in [0.25, 0.3) is 5.91 Å². The van der Waals surface area contributed by atoms with Gasteiger partial charge in [0.05, 0.1) is 0 Å². The molecule has 1 heterocycles. The first-order chi connectivity index (χ1) is 12.6. The van der Waals surface area contributed by atoms with Crippen molar-refractivity contribution in [2.45, 2.75) is 57.6 Å². The second-order valence-electron chi connectivity index (χ2n) is 7.60. The maximum Gasteiger partial charge on any atom is 0.255 e. The van der Waals surface area contributed by atoms with Gasteiger partial charge in [0, 0.05) is 32.2 Å². The second-order valence-corrected chi connectivity index (χ2v) is 7.60. The van der Waals surface area contributed by atoms with Crippen LogP contribution in [-0.4, -0.2) is 65.7 Å². The van der Waals surface area contributed by atoms with E-state index in [9.17, 15) is 9.90 Å². The number of carbonyl (C=O) groups excluding carboxylic acids is 1. The zero-order chi connectivity index (χ0) is 18.4. The van der Waals surface area contributed by atoms with E-state index in [1.165, 1.54) is 32.1 Å². The Labute approximate surface area is 156 Å². The maximum absolute atomic E-state index is 12.6. The van der Waals surface area contributed by atoms with E-state index in [4.69, 9.17) is 4.74 Å². The molecule has 26 heavy (non-hydrogen) atoms. The van der Waals surface area contributed by atoms with Gasteiger partial charge in [-0.25, -0.2) is 0 Å². The van der Waals surface area contributed by atoms with Crippen LogP contribution in [0.4, 0.5) is 0 Å². The average Bonchev–Trinajstić information content (AvgIpc) is 2.93. The monoisotopic (exact) mass is 360 g/mol. The van der Waals surface area contributed by atoms with Crippen LogP contribution in [0.25, 0.3) is 0 Å². The Kier molecular flexibility index (Phi) is 6.92. The number of aliphatic hydroxyl groups is 1. The van der Waals surface area contributed by atoms with Gasteiger partial charge in [-0.2, -0.15) is 0 Å². The number of nitrogens with zero attached hydrogens (tertiary/aromatic N) is 2. The molecular formula is C21H32N2O3. The molecule has 0 radical (unpaired) electrons. The third-order valence-electron chi connectivity index (χ3n) is 5.71. The van der Waals surface area contributed by atoms with Crippen molar-refractivity contribution in [3.63, 3.8) is 0 Å². The molecule has 0 spiro atoms. The number of benzene rings is 1. The van der Waals surface area contributed by atoms with E-state index in [0.717, 1.165) is 37.4 Å². The van der Waals surface area contributed by atoms with Crippen LogP contribution >= 0.6 is 0 Å². The first-order valence-corrected chi connectivity index (χ1v) is 10.0. The predicted octanol–water partition coefficient (Wildman–Crippen LogP) is 2.60. The molecule has 1 atom stereocenters. The van der Waals surface area contributed by atoms with E-state index >= 15 is 0 Å². The number of ether oxygens (including phenoxy) is 1. The van der Waals surface area contributed by atoms with Crippen molar-refractivity contribution < 1.29 is 14.6 Å². The number of carbonyl (C=O) groups is 1. The molecule has 1 unspecified atom stereocenters. The minimum atomic E-state index is -1.10. The molecule has 2 fully saturated rings. The zero-order valence-electron chi connectivity index (χ0n) is 15.9. The van der Waals surface area contributed by atoms with Gasteiger partial charge in [0.15, 0.2) is 6.10 Å². The number of hydrogen-bond donors (Lipinski definition) is 1. The molecule has 2 aliphatic rings. The zero-order valence-corrected chi connectivity index (χ0v) is 15.9. The summed E-state index contributed by atoms with van der Waals surface area (Å²) < 4.78 is 5.65. The SMILES string of the molecule is Cc1ccccc1OCC(O)C(=O)N1CCCN(C2CCCCC2)CC1. The highest BCUT2D eigenvalue weighted by atomic mass is 16.5. The van der Waals surface area contributed by atoms with Crippen LogP contribution in [0.1, 0.15) is 44.1 Å². The van der Waals surface area contributed by atoms with Crippen LogP contribution in [0.5, 0.6) is 5.75 Å². The Hall–Kier alpha value is -1.59. The maximum atomic E-state index is 12.6. The van der Waals surface area contributed by atoms with Crippen molar-refractivity contribution in [1.82, 2.24) is 9.80 Å². The smallest absolute Gasteiger partial charge is 0.255 e. The largest absolute Gasteiger partial charge is 0.490 e. The number of para-hydroxylation sites is 1. The minimum absolute atomic E-state index is 0.00647. The van der Waals surface area contributed by atoms with Gasteiger partial charge in [-0.3, -0.25) is 9.69 Å². The quantitative estimate of drug-likeness (QED) is 0.877. The van der Waals surface area contributed by atoms with Gasteiger partial charge < -0.3 is 14.7 Å². The molecule has 1 saturated heterocycles. The van der Waals surface area contributed by atoms with Crippen molar-refractivity contribution in [3.8, 4) is 5.75 Å². The van der Waals surface area contributed by atoms with Crippen molar-refractivity contribution in [3.05, 3.63) is 29.8 Å². The van der Waals surface area contributed by atoms with Crippen LogP contribution in [0.3, 0.4) is 0 Å². The summed E-state index contributed by atoms with van der Waals surface area (Å²) in [6.07, 6.45) is 6.49. The summed E-state index contributed by atoms with van der Waals surface area (Å²) in [5.41, 5.74) is 1.00. The van der Waals surface area contributed by atoms with Crippen molar-refractivity contribution >= 4 is 5.91 Å². The lowest BCUT2D eigenvalue weighted by Gasteiger charge is -2.33. The molecule has 3 rings (SSSR count). The van der Waals surface area contributed by atoms with Gasteiger partial charge in [-0.1, -0.05) is 37.5 Å². The highest BCUT2D eigenvalue weighted by Crippen LogP contribution is 2.23. The van der Waals surface area contributed by atoms with Gasteiger partial charge >= 0.3 is 0 Å². The predicted molar refractivity (Wildman–Crippen MR) is 102 cm³/mol. The highest BCUT2D eigenvalue weighted by Gasteiger charge is 2.28. The van der Waals surface area contributed by atoms with Crippen molar-refractivity contribution in [2.75, 3.05) is 32.8 Å². The Morgan fingerprint density at radius 2 is 1.88 bits per heavy atom. The van der Waals surface area contributed by atoms with E-state index in [0.29, 0.717) is 12.6 Å². The first kappa shape index (κ1) is 19.2. The molecule has 1 N–H and O–H groups in total. The number of aryl methyl sites for hydroxylation is 1. The molecule has 5 heteroatoms. The fraction of sp³-hybridized carbons (Fsp3) is 0.667. The number of amides is 1. The van der Waals surface area contributed by atoms with Crippen LogP contribution in [0.15, 0.2) is 24.3 Å². The average molecular weight is 360 g/mol. The van der Waals surface area contributed by atoms with Gasteiger partial charge in [0.1, 0.15) is 12.4 Å². The Balaban J connectivity index is 1.48. The summed E-state index contributed by atoms with van der Waals surface area (Å²) in [5.74, 6) is 0.516. The van der Waals surface area contributed by atoms with Gasteiger partial charge in [-0.15, -0.1) is 0 Å². The number of hydrogen-bond acceptors (Lipinski definition) is 4. The number of rotatable bonds is 5. The summed E-state index contributed by atoms with van der Waals surface area (Å²) in [6.45, 7) is 5.37. The molecule has 1 saturated carbocycles. The molecule has 1 aliphatic carbocycles. The first-order valence-electron chi connectivity index (χ1n) is 10.0. The molecule has 144 valence electrons. The van der Waals surface area contributed by atoms with Crippen LogP contribution < -0.4 is 4.74 Å². The normalized spacial score (nSPS) is 21.2. The van der Waals surface area contributed by atoms with E-state index in [1.807, 2.05) is 36.1 Å². The Morgan fingerprint density at radius 1 is 1.12 bits per heavy atom. The Bertz CT molecular complexity index is 586. The molecular weight excluding hydrogens is 328 g/mol. The summed E-state index contributed by atoms with van der Waals surface area (Å²) in [4.78, 5) is 17.0. The second kappa shape index (κ2) is 9.38. The van der Waals surface area contributed by atoms with Gasteiger partial charge in [-0.05, 0) is 37.8 Å². The lowest BCUT2D eigenvalue weighted by Crippen LogP contribution is -2.44. The summed E-state index contributed by atoms with van der Waals surface area (Å²) in [5, 5.41) is 10.3. The lowest BCUT2D eigenvalue weighted by atomic mass is 9.94. The topological polar surface area (TPSA) is 53.0 Å². The van der Waals surface area contributed by atoms with E-state index in [2.05, 4.69) is 4.90 Å². The molecule has 5 nitrogen and oxygen atoms in total. The van der Waals surface area contributed by atoms with Crippen molar-refractivity contribution in [2.24, 2.45) is 0 Å². The van der Waals surface area contributed by atoms with Crippen molar-refractivity contribution in [1.29, 1.82) is 0 Å². The highest BCUT2D eigenvalue weighted by molar-refractivity contribution is 5.80. The Morgan fingerprint density at radius 3 is 2.65 bits per heavy atom. The molecule has 1 aromatic carbocycles. The van der Waals surface area contributed by atoms with Crippen LogP contribution in [0, 0.1) is 6.92 Å². The van der Waals surface area contributed by atoms with E-state index in [1.54, 1.807) is 0 Å². The lowest BCUT2D eigenvalue weighted by molar-refractivity contribution is -0.141. The third-order valence-corrected chi connectivity index (χ3v) is 5.71. The van der Waals surface area contributed by atoms with Gasteiger partial charge in [0.2, 0.25) is 0 Å². The fourth-order valence-corrected chi connectivity index (χ4v) is 4.14. The van der Waals surface area contributed by atoms with E-state index in [-0.39, 0.29) is 12.5 Å². The molecule has 1 aromatic rings. The fourth-order valence-electron chi connectivity index (χ4n) is 4.14. The molecule has 1 amide bonds. The summed E-state index contributed by atoms with van der Waals surface area (Å²) in [7, 11) is 0. The van der Waals surface area contributed by atoms with Crippen LogP contribution in [-0.2, 0) is 4.79 Å². The molecule has 0 aromatic heterocycles. The van der Waals surface area contributed by atoms with E-state index < -0.39 is 6.10 Å². The number of aliphatic hydroxyl groups excluding tert-OH is 1. The summed E-state index contributed by atoms with van der Waals surface area (Å²) >= 11 is 0. The summed E-state index contributed by atoms with van der Waals surface area (Å²) in [6, 6.07) is 8.34.